The Bertz CT molecular complexity index is 449. The number of rotatable bonds is 4. The van der Waals surface area contributed by atoms with E-state index in [4.69, 9.17) is 51.1 Å². The van der Waals surface area contributed by atoms with Crippen molar-refractivity contribution in [3.8, 4) is 5.88 Å². The zero-order chi connectivity index (χ0) is 14.5. The number of aromatic nitrogens is 1. The molecule has 1 N–H and O–H groups in total. The van der Waals surface area contributed by atoms with Gasteiger partial charge in [0.05, 0.1) is 0 Å². The van der Waals surface area contributed by atoms with Crippen molar-refractivity contribution in [1.29, 1.82) is 0 Å². The first-order valence-electron chi connectivity index (χ1n) is 5.53. The Morgan fingerprint density at radius 1 is 1.42 bits per heavy atom. The predicted molar refractivity (Wildman–Crippen MR) is 77.4 cm³/mol. The van der Waals surface area contributed by atoms with E-state index in [0.717, 1.165) is 12.8 Å². The number of ether oxygens (including phenoxy) is 1. The van der Waals surface area contributed by atoms with E-state index < -0.39 is 9.89 Å². The third-order valence-electron chi connectivity index (χ3n) is 2.09. The smallest absolute Gasteiger partial charge is 0.391 e. The molecule has 1 rings (SSSR count). The van der Waals surface area contributed by atoms with Crippen molar-refractivity contribution >= 4 is 52.5 Å². The Hall–Kier alpha value is -0.420. The molecule has 19 heavy (non-hydrogen) atoms. The van der Waals surface area contributed by atoms with Crippen LogP contribution < -0.4 is 10.1 Å². The summed E-state index contributed by atoms with van der Waals surface area (Å²) in [7, 11) is 0. The maximum absolute atomic E-state index is 11.4. The maximum atomic E-state index is 11.4. The quantitative estimate of drug-likeness (QED) is 0.498. The zero-order valence-corrected chi connectivity index (χ0v) is 13.1. The van der Waals surface area contributed by atoms with E-state index in [9.17, 15) is 4.79 Å². The first-order chi connectivity index (χ1) is 8.82. The average molecular weight is 346 g/mol. The summed E-state index contributed by atoms with van der Waals surface area (Å²) in [6.45, 7) is 2.53. The fourth-order valence-corrected chi connectivity index (χ4v) is 1.72. The lowest BCUT2D eigenvalue weighted by Crippen LogP contribution is -2.28. The van der Waals surface area contributed by atoms with Gasteiger partial charge in [-0.05, 0) is 12.5 Å². The molecule has 1 aromatic rings. The summed E-state index contributed by atoms with van der Waals surface area (Å²) >= 11 is 23.0. The summed E-state index contributed by atoms with van der Waals surface area (Å²) < 4.78 is 3.29. The van der Waals surface area contributed by atoms with Gasteiger partial charge in [-0.25, -0.2) is 9.78 Å². The Labute approximate surface area is 131 Å². The standard InChI is InChI=1S/C11H12Cl4N2O2/c1-2-3-4-16-10(18)19-9-6-7(11(13,14)15)5-8(12)17-9/h5-6H,2-4H2,1H3,(H,16,18). The number of alkyl halides is 3. The molecule has 0 fully saturated rings. The van der Waals surface area contributed by atoms with Gasteiger partial charge in [0.1, 0.15) is 5.15 Å². The topological polar surface area (TPSA) is 51.2 Å². The molecule has 1 heterocycles. The van der Waals surface area contributed by atoms with Gasteiger partial charge in [0.25, 0.3) is 0 Å². The highest BCUT2D eigenvalue weighted by atomic mass is 35.6. The third kappa shape index (κ3) is 6.04. The molecule has 0 spiro atoms. The summed E-state index contributed by atoms with van der Waals surface area (Å²) in [5.41, 5.74) is 0.272. The summed E-state index contributed by atoms with van der Waals surface area (Å²) in [6.07, 6.45) is 1.20. The molecule has 0 atom stereocenters. The summed E-state index contributed by atoms with van der Waals surface area (Å²) in [5, 5.41) is 2.64. The predicted octanol–water partition coefficient (Wildman–Crippen LogP) is 4.45. The second-order valence-corrected chi connectivity index (χ2v) is 6.35. The van der Waals surface area contributed by atoms with E-state index in [1.54, 1.807) is 0 Å². The van der Waals surface area contributed by atoms with E-state index in [1.807, 2.05) is 6.92 Å². The van der Waals surface area contributed by atoms with Crippen LogP contribution in [0.1, 0.15) is 25.3 Å². The lowest BCUT2D eigenvalue weighted by atomic mass is 10.3. The first kappa shape index (κ1) is 16.6. The summed E-state index contributed by atoms with van der Waals surface area (Å²) in [5.74, 6) is -0.0252. The van der Waals surface area contributed by atoms with Gasteiger partial charge in [0.15, 0.2) is 0 Å². The molecule has 106 valence electrons. The van der Waals surface area contributed by atoms with Crippen LogP contribution in [0.5, 0.6) is 5.88 Å². The minimum atomic E-state index is -1.66. The van der Waals surface area contributed by atoms with Crippen molar-refractivity contribution in [2.75, 3.05) is 6.54 Å². The van der Waals surface area contributed by atoms with Gasteiger partial charge >= 0.3 is 6.09 Å². The van der Waals surface area contributed by atoms with E-state index in [1.165, 1.54) is 12.1 Å². The lowest BCUT2D eigenvalue weighted by molar-refractivity contribution is 0.198. The van der Waals surface area contributed by atoms with E-state index in [0.29, 0.717) is 6.54 Å². The highest BCUT2D eigenvalue weighted by Gasteiger charge is 2.25. The van der Waals surface area contributed by atoms with Crippen LogP contribution in [-0.2, 0) is 3.79 Å². The van der Waals surface area contributed by atoms with E-state index >= 15 is 0 Å². The molecule has 0 radical (unpaired) electrons. The number of amides is 1. The van der Waals surface area contributed by atoms with Gasteiger partial charge in [-0.2, -0.15) is 0 Å². The highest BCUT2D eigenvalue weighted by Crippen LogP contribution is 2.39. The molecule has 1 aromatic heterocycles. The van der Waals surface area contributed by atoms with Gasteiger partial charge < -0.3 is 10.1 Å². The molecule has 0 aliphatic carbocycles. The second kappa shape index (κ2) is 7.39. The fraction of sp³-hybridized carbons (Fsp3) is 0.455. The monoisotopic (exact) mass is 344 g/mol. The number of carbonyl (C=O) groups excluding carboxylic acids is 1. The SMILES string of the molecule is CCCCNC(=O)Oc1cc(C(Cl)(Cl)Cl)cc(Cl)n1. The zero-order valence-electron chi connectivity index (χ0n) is 10.1. The number of nitrogens with zero attached hydrogens (tertiary/aromatic N) is 1. The molecule has 0 aromatic carbocycles. The molecule has 1 amide bonds. The average Bonchev–Trinajstić information content (AvgIpc) is 2.27. The molecular formula is C11H12Cl4N2O2. The highest BCUT2D eigenvalue weighted by molar-refractivity contribution is 6.66. The van der Waals surface area contributed by atoms with E-state index in [2.05, 4.69) is 10.3 Å². The van der Waals surface area contributed by atoms with Crippen molar-refractivity contribution in [2.24, 2.45) is 0 Å². The fourth-order valence-electron chi connectivity index (χ4n) is 1.19. The summed E-state index contributed by atoms with van der Waals surface area (Å²) in [4.78, 5) is 15.3. The van der Waals surface area contributed by atoms with Crippen LogP contribution in [-0.4, -0.2) is 17.6 Å². The number of carbonyl (C=O) groups is 1. The van der Waals surface area contributed by atoms with Crippen LogP contribution in [0.3, 0.4) is 0 Å². The molecule has 4 nitrogen and oxygen atoms in total. The lowest BCUT2D eigenvalue weighted by Gasteiger charge is -2.13. The van der Waals surface area contributed by atoms with Crippen molar-refractivity contribution in [3.63, 3.8) is 0 Å². The van der Waals surface area contributed by atoms with E-state index in [-0.39, 0.29) is 16.6 Å². The van der Waals surface area contributed by atoms with Crippen molar-refractivity contribution in [3.05, 3.63) is 22.8 Å². The first-order valence-corrected chi connectivity index (χ1v) is 7.04. The van der Waals surface area contributed by atoms with Crippen molar-refractivity contribution in [1.82, 2.24) is 10.3 Å². The van der Waals surface area contributed by atoms with Gasteiger partial charge in [-0.15, -0.1) is 0 Å². The molecule has 0 aliphatic rings. The largest absolute Gasteiger partial charge is 0.413 e. The molecule has 0 aliphatic heterocycles. The number of nitrogens with one attached hydrogen (secondary N) is 1. The van der Waals surface area contributed by atoms with Crippen LogP contribution >= 0.6 is 46.4 Å². The molecule has 0 bridgehead atoms. The minimum absolute atomic E-state index is 0.0252. The van der Waals surface area contributed by atoms with Crippen LogP contribution in [0.4, 0.5) is 4.79 Å². The van der Waals surface area contributed by atoms with Crippen molar-refractivity contribution < 1.29 is 9.53 Å². The molecule has 8 heteroatoms. The van der Waals surface area contributed by atoms with Gasteiger partial charge in [0, 0.05) is 18.2 Å². The second-order valence-electron chi connectivity index (χ2n) is 3.68. The normalized spacial score (nSPS) is 11.2. The number of unbranched alkanes of at least 4 members (excludes halogenated alkanes) is 1. The number of hydrogen-bond donors (Lipinski definition) is 1. The molecule has 0 saturated heterocycles. The Balaban J connectivity index is 2.73. The maximum Gasteiger partial charge on any atom is 0.413 e. The molecule has 0 unspecified atom stereocenters. The molecular weight excluding hydrogens is 334 g/mol. The Morgan fingerprint density at radius 2 is 2.11 bits per heavy atom. The van der Waals surface area contributed by atoms with Crippen LogP contribution in [0.25, 0.3) is 0 Å². The Morgan fingerprint density at radius 3 is 2.68 bits per heavy atom. The van der Waals surface area contributed by atoms with Gasteiger partial charge in [0.2, 0.25) is 9.67 Å². The minimum Gasteiger partial charge on any atom is -0.391 e. The number of pyridine rings is 1. The van der Waals surface area contributed by atoms with Gasteiger partial charge in [-0.1, -0.05) is 59.7 Å². The number of hydrogen-bond acceptors (Lipinski definition) is 3. The van der Waals surface area contributed by atoms with Crippen LogP contribution in [0.15, 0.2) is 12.1 Å². The van der Waals surface area contributed by atoms with Gasteiger partial charge in [-0.3, -0.25) is 0 Å². The van der Waals surface area contributed by atoms with Crippen LogP contribution in [0, 0.1) is 0 Å². The van der Waals surface area contributed by atoms with Crippen molar-refractivity contribution in [2.45, 2.75) is 23.6 Å². The third-order valence-corrected chi connectivity index (χ3v) is 2.94. The summed E-state index contributed by atoms with van der Waals surface area (Å²) in [6, 6.07) is 2.73. The number of halogens is 4. The van der Waals surface area contributed by atoms with Crippen LogP contribution in [0.2, 0.25) is 5.15 Å². The molecule has 0 saturated carbocycles. The Kier molecular flexibility index (Phi) is 6.47.